The highest BCUT2D eigenvalue weighted by molar-refractivity contribution is 6.04. The van der Waals surface area contributed by atoms with Gasteiger partial charge in [-0.05, 0) is 6.07 Å². The molecule has 2 N–H and O–H groups in total. The zero-order valence-corrected chi connectivity index (χ0v) is 11.6. The Balaban J connectivity index is 1.42. The number of nitrogens with zero attached hydrogens (tertiary/aromatic N) is 5. The molecule has 0 spiro atoms. The first-order valence-electron chi connectivity index (χ1n) is 6.86. The third-order valence-corrected chi connectivity index (χ3v) is 3.39. The fourth-order valence-electron chi connectivity index (χ4n) is 2.18. The van der Waals surface area contributed by atoms with E-state index in [4.69, 9.17) is 4.74 Å². The fourth-order valence-corrected chi connectivity index (χ4v) is 2.18. The predicted octanol–water partition coefficient (Wildman–Crippen LogP) is -0.122. The first kappa shape index (κ1) is 12.9. The summed E-state index contributed by atoms with van der Waals surface area (Å²) < 4.78 is 6.85. The molecule has 1 amide bonds. The molecule has 1 saturated heterocycles. The van der Waals surface area contributed by atoms with Gasteiger partial charge in [0.2, 0.25) is 0 Å². The van der Waals surface area contributed by atoms with E-state index in [9.17, 15) is 4.79 Å². The lowest BCUT2D eigenvalue weighted by atomic mass is 10.2. The molecule has 4 rings (SSSR count). The van der Waals surface area contributed by atoms with Crippen LogP contribution in [-0.2, 0) is 17.8 Å². The molecule has 3 aromatic rings. The normalized spacial score (nSPS) is 16.8. The molecule has 1 fully saturated rings. The van der Waals surface area contributed by atoms with Crippen LogP contribution in [0.15, 0.2) is 24.7 Å². The van der Waals surface area contributed by atoms with Gasteiger partial charge in [-0.25, -0.2) is 4.68 Å². The number of carbonyl (C=O) groups excluding carboxylic acids is 1. The Labute approximate surface area is 124 Å². The summed E-state index contributed by atoms with van der Waals surface area (Å²) in [5.41, 5.74) is 1.78. The Morgan fingerprint density at radius 2 is 2.45 bits per heavy atom. The molecule has 0 radical (unpaired) electrons. The molecule has 9 heteroatoms. The minimum absolute atomic E-state index is 0.243. The van der Waals surface area contributed by atoms with Crippen LogP contribution in [0.2, 0.25) is 0 Å². The lowest BCUT2D eigenvalue weighted by Crippen LogP contribution is -2.23. The van der Waals surface area contributed by atoms with Crippen LogP contribution in [0.25, 0.3) is 10.9 Å². The highest BCUT2D eigenvalue weighted by Crippen LogP contribution is 2.13. The SMILES string of the molecule is O=C(NCc1cn(CC2CO2)nn1)c1n[nH]c2ccncc12. The van der Waals surface area contributed by atoms with Gasteiger partial charge in [-0.1, -0.05) is 5.21 Å². The van der Waals surface area contributed by atoms with E-state index in [1.807, 2.05) is 0 Å². The maximum Gasteiger partial charge on any atom is 0.272 e. The average Bonchev–Trinajstić information content (AvgIpc) is 3.07. The summed E-state index contributed by atoms with van der Waals surface area (Å²) in [7, 11) is 0. The molecule has 9 nitrogen and oxygen atoms in total. The average molecular weight is 299 g/mol. The van der Waals surface area contributed by atoms with Crippen molar-refractivity contribution in [2.45, 2.75) is 19.2 Å². The van der Waals surface area contributed by atoms with Crippen LogP contribution in [0.1, 0.15) is 16.2 Å². The minimum atomic E-state index is -0.278. The van der Waals surface area contributed by atoms with E-state index in [0.29, 0.717) is 29.9 Å². The van der Waals surface area contributed by atoms with Gasteiger partial charge in [0.1, 0.15) is 11.8 Å². The third-order valence-electron chi connectivity index (χ3n) is 3.39. The van der Waals surface area contributed by atoms with Crippen LogP contribution in [-0.4, -0.2) is 48.8 Å². The van der Waals surface area contributed by atoms with Gasteiger partial charge in [-0.15, -0.1) is 5.10 Å². The van der Waals surface area contributed by atoms with Crippen molar-refractivity contribution in [2.24, 2.45) is 0 Å². The number of H-pyrrole nitrogens is 1. The summed E-state index contributed by atoms with van der Waals surface area (Å²) in [5, 5.41) is 18.3. The van der Waals surface area contributed by atoms with Crippen LogP contribution in [0, 0.1) is 0 Å². The molecular weight excluding hydrogens is 286 g/mol. The summed E-state index contributed by atoms with van der Waals surface area (Å²) in [6, 6.07) is 1.77. The summed E-state index contributed by atoms with van der Waals surface area (Å²) in [6.45, 7) is 1.75. The molecule has 1 aliphatic rings. The largest absolute Gasteiger partial charge is 0.371 e. The first-order chi connectivity index (χ1) is 10.8. The number of hydrogen-bond acceptors (Lipinski definition) is 6. The second kappa shape index (κ2) is 5.19. The van der Waals surface area contributed by atoms with Crippen LogP contribution in [0.3, 0.4) is 0 Å². The molecule has 1 unspecified atom stereocenters. The van der Waals surface area contributed by atoms with Gasteiger partial charge in [0.05, 0.1) is 36.8 Å². The number of aromatic amines is 1. The maximum atomic E-state index is 12.2. The Bertz CT molecular complexity index is 821. The quantitative estimate of drug-likeness (QED) is 0.635. The van der Waals surface area contributed by atoms with E-state index in [-0.39, 0.29) is 12.0 Å². The number of pyridine rings is 1. The van der Waals surface area contributed by atoms with Crippen molar-refractivity contribution in [1.29, 1.82) is 0 Å². The van der Waals surface area contributed by atoms with E-state index in [2.05, 4.69) is 30.8 Å². The van der Waals surface area contributed by atoms with Crippen LogP contribution in [0.4, 0.5) is 0 Å². The Morgan fingerprint density at radius 3 is 3.32 bits per heavy atom. The van der Waals surface area contributed by atoms with Crippen molar-refractivity contribution in [3.05, 3.63) is 36.0 Å². The van der Waals surface area contributed by atoms with Crippen molar-refractivity contribution in [2.75, 3.05) is 6.61 Å². The maximum absolute atomic E-state index is 12.2. The number of epoxide rings is 1. The van der Waals surface area contributed by atoms with Gasteiger partial charge in [-0.2, -0.15) is 5.10 Å². The second-order valence-electron chi connectivity index (χ2n) is 5.06. The number of rotatable bonds is 5. The number of carbonyl (C=O) groups is 1. The summed E-state index contributed by atoms with van der Waals surface area (Å²) in [6.07, 6.45) is 5.29. The van der Waals surface area contributed by atoms with E-state index < -0.39 is 0 Å². The summed E-state index contributed by atoms with van der Waals surface area (Å²) in [5.74, 6) is -0.278. The lowest BCUT2D eigenvalue weighted by Gasteiger charge is -2.00. The minimum Gasteiger partial charge on any atom is -0.371 e. The topological polar surface area (TPSA) is 114 Å². The van der Waals surface area contributed by atoms with Gasteiger partial charge in [-0.3, -0.25) is 14.9 Å². The number of amides is 1. The van der Waals surface area contributed by atoms with E-state index in [1.54, 1.807) is 29.3 Å². The smallest absolute Gasteiger partial charge is 0.272 e. The molecule has 1 aliphatic heterocycles. The third kappa shape index (κ3) is 2.53. The van der Waals surface area contributed by atoms with E-state index in [1.165, 1.54) is 0 Å². The lowest BCUT2D eigenvalue weighted by molar-refractivity contribution is 0.0947. The molecular formula is C13H13N7O2. The van der Waals surface area contributed by atoms with Crippen molar-refractivity contribution in [3.63, 3.8) is 0 Å². The summed E-state index contributed by atoms with van der Waals surface area (Å²) in [4.78, 5) is 16.2. The monoisotopic (exact) mass is 299 g/mol. The molecule has 22 heavy (non-hydrogen) atoms. The van der Waals surface area contributed by atoms with E-state index in [0.717, 1.165) is 12.1 Å². The van der Waals surface area contributed by atoms with Crippen LogP contribution < -0.4 is 5.32 Å². The highest BCUT2D eigenvalue weighted by Gasteiger charge is 2.23. The number of nitrogens with one attached hydrogen (secondary N) is 2. The Kier molecular flexibility index (Phi) is 3.04. The molecule has 112 valence electrons. The zero-order valence-electron chi connectivity index (χ0n) is 11.6. The van der Waals surface area contributed by atoms with Gasteiger partial charge in [0.15, 0.2) is 5.69 Å². The molecule has 0 saturated carbocycles. The van der Waals surface area contributed by atoms with Gasteiger partial charge >= 0.3 is 0 Å². The molecule has 1 atom stereocenters. The van der Waals surface area contributed by atoms with Crippen molar-refractivity contribution in [1.82, 2.24) is 35.5 Å². The summed E-state index contributed by atoms with van der Waals surface area (Å²) >= 11 is 0. The second-order valence-corrected chi connectivity index (χ2v) is 5.06. The standard InChI is InChI=1S/C13H13N7O2/c21-13(12-10-4-14-2-1-11(10)17-18-12)15-3-8-5-20(19-16-8)6-9-7-22-9/h1-2,4-5,9H,3,6-7H2,(H,15,21)(H,17,18). The number of ether oxygens (including phenoxy) is 1. The number of fused-ring (bicyclic) bond motifs is 1. The van der Waals surface area contributed by atoms with Gasteiger partial charge in [0.25, 0.3) is 5.91 Å². The van der Waals surface area contributed by atoms with Crippen molar-refractivity contribution >= 4 is 16.8 Å². The Hall–Kier alpha value is -2.81. The predicted molar refractivity (Wildman–Crippen MR) is 74.8 cm³/mol. The van der Waals surface area contributed by atoms with Crippen LogP contribution >= 0.6 is 0 Å². The molecule has 0 aromatic carbocycles. The highest BCUT2D eigenvalue weighted by atomic mass is 16.6. The first-order valence-corrected chi connectivity index (χ1v) is 6.86. The fraction of sp³-hybridized carbons (Fsp3) is 0.308. The molecule has 3 aromatic heterocycles. The molecule has 0 aliphatic carbocycles. The molecule has 0 bridgehead atoms. The Morgan fingerprint density at radius 1 is 1.55 bits per heavy atom. The zero-order chi connectivity index (χ0) is 14.9. The van der Waals surface area contributed by atoms with Crippen LogP contribution in [0.5, 0.6) is 0 Å². The van der Waals surface area contributed by atoms with Gasteiger partial charge in [0, 0.05) is 12.4 Å². The number of hydrogen-bond donors (Lipinski definition) is 2. The van der Waals surface area contributed by atoms with Crippen molar-refractivity contribution in [3.8, 4) is 0 Å². The number of aromatic nitrogens is 6. The van der Waals surface area contributed by atoms with E-state index >= 15 is 0 Å². The van der Waals surface area contributed by atoms with Gasteiger partial charge < -0.3 is 10.1 Å². The van der Waals surface area contributed by atoms with Crippen molar-refractivity contribution < 1.29 is 9.53 Å². The molecule has 4 heterocycles.